The summed E-state index contributed by atoms with van der Waals surface area (Å²) in [5, 5.41) is 5.96. The molecule has 2 aliphatic heterocycles. The molecular weight excluding hydrogens is 526 g/mol. The Balaban J connectivity index is 1.17. The van der Waals surface area contributed by atoms with E-state index in [9.17, 15) is 9.59 Å². The van der Waals surface area contributed by atoms with Gasteiger partial charge < -0.3 is 26.2 Å². The molecule has 2 amide bonds. The maximum Gasteiger partial charge on any atom is 0.251 e. The average molecular weight is 566 g/mol. The summed E-state index contributed by atoms with van der Waals surface area (Å²) in [4.78, 5) is 39.0. The molecule has 4 N–H and O–H groups in total. The van der Waals surface area contributed by atoms with Crippen molar-refractivity contribution in [1.82, 2.24) is 20.4 Å². The number of benzene rings is 3. The second-order valence-corrected chi connectivity index (χ2v) is 11.1. The molecule has 2 aliphatic rings. The third-order valence-electron chi connectivity index (χ3n) is 7.60. The molecule has 0 fully saturated rings. The molecule has 0 atom stereocenters. The fraction of sp³-hybridized carbons (Fsp3) is 0.333. The zero-order valence-corrected chi connectivity index (χ0v) is 24.6. The fourth-order valence-corrected chi connectivity index (χ4v) is 5.16. The van der Waals surface area contributed by atoms with E-state index in [1.807, 2.05) is 62.4 Å². The van der Waals surface area contributed by atoms with Crippen LogP contribution >= 0.6 is 0 Å². The van der Waals surface area contributed by atoms with Crippen molar-refractivity contribution < 1.29 is 9.59 Å². The Bertz CT molecular complexity index is 1530. The Kier molecular flexibility index (Phi) is 9.22. The van der Waals surface area contributed by atoms with E-state index < -0.39 is 0 Å². The van der Waals surface area contributed by atoms with Crippen LogP contribution in [0.2, 0.25) is 0 Å². The van der Waals surface area contributed by atoms with E-state index in [4.69, 9.17) is 15.7 Å². The summed E-state index contributed by atoms with van der Waals surface area (Å²) >= 11 is 0. The largest absolute Gasteiger partial charge is 0.351 e. The van der Waals surface area contributed by atoms with Gasteiger partial charge in [-0.05, 0) is 79.8 Å². The lowest BCUT2D eigenvalue weighted by Gasteiger charge is -2.15. The molecule has 2 heterocycles. The molecule has 0 aromatic heterocycles. The molecule has 9 nitrogen and oxygen atoms in total. The highest BCUT2D eigenvalue weighted by Gasteiger charge is 2.21. The van der Waals surface area contributed by atoms with Crippen LogP contribution in [0.3, 0.4) is 0 Å². The topological polar surface area (TPSA) is 115 Å². The van der Waals surface area contributed by atoms with E-state index in [-0.39, 0.29) is 11.8 Å². The average Bonchev–Trinajstić information content (AvgIpc) is 3.61. The third-order valence-corrected chi connectivity index (χ3v) is 7.60. The van der Waals surface area contributed by atoms with Crippen LogP contribution in [0.4, 0.5) is 11.4 Å². The summed E-state index contributed by atoms with van der Waals surface area (Å²) in [5.41, 5.74) is 14.9. The van der Waals surface area contributed by atoms with Crippen LogP contribution < -0.4 is 16.4 Å². The van der Waals surface area contributed by atoms with Crippen molar-refractivity contribution in [2.24, 2.45) is 15.7 Å². The van der Waals surface area contributed by atoms with Crippen molar-refractivity contribution >= 4 is 34.6 Å². The molecule has 5 rings (SSSR count). The molecule has 0 spiro atoms. The molecule has 3 aromatic carbocycles. The number of hydrogen-bond acceptors (Lipinski definition) is 7. The minimum atomic E-state index is -0.0767. The van der Waals surface area contributed by atoms with Crippen molar-refractivity contribution in [2.45, 2.75) is 12.8 Å². The van der Waals surface area contributed by atoms with Crippen molar-refractivity contribution in [3.63, 3.8) is 0 Å². The van der Waals surface area contributed by atoms with E-state index in [2.05, 4.69) is 39.8 Å². The van der Waals surface area contributed by atoms with Crippen LogP contribution in [-0.2, 0) is 12.8 Å². The number of amides is 2. The van der Waals surface area contributed by atoms with Gasteiger partial charge in [-0.3, -0.25) is 19.6 Å². The van der Waals surface area contributed by atoms with E-state index in [0.717, 1.165) is 64.7 Å². The van der Waals surface area contributed by atoms with Gasteiger partial charge >= 0.3 is 0 Å². The van der Waals surface area contributed by atoms with Gasteiger partial charge in [0.25, 0.3) is 11.8 Å². The molecule has 3 aromatic rings. The quantitative estimate of drug-likeness (QED) is 0.312. The molecule has 0 unspecified atom stereocenters. The number of fused-ring (bicyclic) bond motifs is 2. The summed E-state index contributed by atoms with van der Waals surface area (Å²) in [6, 6.07) is 19.8. The molecule has 0 radical (unpaired) electrons. The first-order valence-electron chi connectivity index (χ1n) is 14.4. The Labute approximate surface area is 247 Å². The molecule has 42 heavy (non-hydrogen) atoms. The number of nitrogens with one attached hydrogen (secondary N) is 2. The summed E-state index contributed by atoms with van der Waals surface area (Å²) in [7, 11) is 5.96. The highest BCUT2D eigenvalue weighted by Crippen LogP contribution is 2.32. The van der Waals surface area contributed by atoms with Crippen molar-refractivity contribution in [3.05, 3.63) is 94.0 Å². The van der Waals surface area contributed by atoms with Gasteiger partial charge in [-0.2, -0.15) is 0 Å². The van der Waals surface area contributed by atoms with Crippen LogP contribution in [0.25, 0.3) is 0 Å². The molecule has 0 bridgehead atoms. The predicted molar refractivity (Wildman–Crippen MR) is 169 cm³/mol. The van der Waals surface area contributed by atoms with Crippen molar-refractivity contribution in [3.8, 4) is 0 Å². The maximum atomic E-state index is 12.7. The number of carbonyl (C=O) groups excluding carboxylic acids is 2. The Morgan fingerprint density at radius 2 is 1.19 bits per heavy atom. The number of rotatable bonds is 12. The summed E-state index contributed by atoms with van der Waals surface area (Å²) in [6.07, 6.45) is 1.37. The van der Waals surface area contributed by atoms with Crippen molar-refractivity contribution in [1.29, 1.82) is 0 Å². The van der Waals surface area contributed by atoms with Gasteiger partial charge in [0.2, 0.25) is 0 Å². The van der Waals surface area contributed by atoms with Gasteiger partial charge in [-0.15, -0.1) is 0 Å². The number of likely N-dealkylation sites (N-methyl/N-ethyl adjacent to an activating group) is 2. The second-order valence-electron chi connectivity index (χ2n) is 11.1. The lowest BCUT2D eigenvalue weighted by Crippen LogP contribution is -2.35. The van der Waals surface area contributed by atoms with Gasteiger partial charge in [-0.1, -0.05) is 24.3 Å². The monoisotopic (exact) mass is 565 g/mol. The van der Waals surface area contributed by atoms with Crippen LogP contribution in [0.1, 0.15) is 43.0 Å². The van der Waals surface area contributed by atoms with Crippen LogP contribution in [0.5, 0.6) is 0 Å². The number of aliphatic imine (C=N–C) groups is 2. The van der Waals surface area contributed by atoms with Gasteiger partial charge in [0.15, 0.2) is 0 Å². The standard InChI is InChI=1S/C33H39N7O2/c1-39(2)16-13-35-32(41)24-8-10-28-26(18-24)20-30(37-28)22-4-6-23(7-5-22)31-21-27-19-25(9-11-29(27)38-31)33(42)36-14-17-40(3)15-12-34/h4-11,18-19H,12-17,20-21,34H2,1-3H3,(H,35,41)(H,36,42). The molecule has 0 saturated heterocycles. The summed E-state index contributed by atoms with van der Waals surface area (Å²) in [6.45, 7) is 4.14. The Hall–Kier alpha value is -4.18. The maximum absolute atomic E-state index is 12.7. The van der Waals surface area contributed by atoms with Crippen molar-refractivity contribution in [2.75, 3.05) is 60.4 Å². The molecule has 0 saturated carbocycles. The SMILES string of the molecule is CN(C)CCNC(=O)c1ccc2c(c1)CC(c1ccc(C3=Nc4ccc(C(=O)NCCN(C)CCN)cc4C3)cc1)=N2. The number of nitrogens with zero attached hydrogens (tertiary/aromatic N) is 4. The van der Waals surface area contributed by atoms with Gasteiger partial charge in [0.1, 0.15) is 0 Å². The number of carbonyl (C=O) groups is 2. The smallest absolute Gasteiger partial charge is 0.251 e. The summed E-state index contributed by atoms with van der Waals surface area (Å²) < 4.78 is 0. The highest BCUT2D eigenvalue weighted by molar-refractivity contribution is 6.10. The molecule has 0 aliphatic carbocycles. The molecule has 9 heteroatoms. The van der Waals surface area contributed by atoms with Gasteiger partial charge in [0, 0.05) is 63.2 Å². The minimum Gasteiger partial charge on any atom is -0.351 e. The van der Waals surface area contributed by atoms with E-state index in [1.54, 1.807) is 0 Å². The lowest BCUT2D eigenvalue weighted by atomic mass is 9.98. The number of nitrogens with two attached hydrogens (primary N) is 1. The van der Waals surface area contributed by atoms with E-state index in [1.165, 1.54) is 0 Å². The predicted octanol–water partition coefficient (Wildman–Crippen LogP) is 2.95. The van der Waals surface area contributed by atoms with E-state index >= 15 is 0 Å². The van der Waals surface area contributed by atoms with Gasteiger partial charge in [-0.25, -0.2) is 0 Å². The van der Waals surface area contributed by atoms with Crippen LogP contribution in [0.15, 0.2) is 70.6 Å². The van der Waals surface area contributed by atoms with Crippen LogP contribution in [0, 0.1) is 0 Å². The lowest BCUT2D eigenvalue weighted by molar-refractivity contribution is 0.0942. The Morgan fingerprint density at radius 1 is 0.714 bits per heavy atom. The first-order chi connectivity index (χ1) is 20.3. The van der Waals surface area contributed by atoms with E-state index in [0.29, 0.717) is 43.6 Å². The van der Waals surface area contributed by atoms with Gasteiger partial charge in [0.05, 0.1) is 22.8 Å². The fourth-order valence-electron chi connectivity index (χ4n) is 5.16. The zero-order valence-electron chi connectivity index (χ0n) is 24.6. The summed E-state index contributed by atoms with van der Waals surface area (Å²) in [5.74, 6) is -0.137. The third kappa shape index (κ3) is 6.99. The number of hydrogen-bond donors (Lipinski definition) is 3. The Morgan fingerprint density at radius 3 is 1.64 bits per heavy atom. The first kappa shape index (κ1) is 29.3. The highest BCUT2D eigenvalue weighted by atomic mass is 16.2. The normalized spacial score (nSPS) is 13.6. The molecule has 218 valence electrons. The first-order valence-corrected chi connectivity index (χ1v) is 14.4. The minimum absolute atomic E-state index is 0.0605. The second kappa shape index (κ2) is 13.2. The van der Waals surface area contributed by atoms with Crippen LogP contribution in [-0.4, -0.2) is 93.4 Å². The zero-order chi connectivity index (χ0) is 29.6. The molecular formula is C33H39N7O2.